The summed E-state index contributed by atoms with van der Waals surface area (Å²) in [7, 11) is 0. The summed E-state index contributed by atoms with van der Waals surface area (Å²) in [4.78, 5) is 44.4. The van der Waals surface area contributed by atoms with Gasteiger partial charge in [0.15, 0.2) is 0 Å². The summed E-state index contributed by atoms with van der Waals surface area (Å²) in [5, 5.41) is 7.63. The van der Waals surface area contributed by atoms with Crippen LogP contribution < -0.4 is 15.8 Å². The number of hydrogen-bond acceptors (Lipinski definition) is 7. The summed E-state index contributed by atoms with van der Waals surface area (Å²) in [5.41, 5.74) is -4.18. The Morgan fingerprint density at radius 2 is 1.66 bits per heavy atom. The number of hydrogen-bond donors (Lipinski definition) is 2. The van der Waals surface area contributed by atoms with E-state index in [0.29, 0.717) is 44.8 Å². The molecule has 1 aliphatic carbocycles. The van der Waals surface area contributed by atoms with Crippen molar-refractivity contribution < 1.29 is 35.9 Å². The molecule has 2 aromatic rings. The fourth-order valence-electron chi connectivity index (χ4n) is 4.74. The molecule has 4 rings (SSSR count). The van der Waals surface area contributed by atoms with E-state index < -0.39 is 46.6 Å². The van der Waals surface area contributed by atoms with Crippen molar-refractivity contribution in [3.05, 3.63) is 46.0 Å². The van der Waals surface area contributed by atoms with E-state index in [2.05, 4.69) is 15.4 Å². The first kappa shape index (κ1) is 27.4. The Bertz CT molecular complexity index is 1220. The highest BCUT2D eigenvalue weighted by atomic mass is 19.4. The Balaban J connectivity index is 1.27. The molecule has 0 radical (unpaired) electrons. The van der Waals surface area contributed by atoms with Crippen molar-refractivity contribution in [2.45, 2.75) is 31.6 Å². The lowest BCUT2D eigenvalue weighted by Gasteiger charge is -2.35. The molecule has 206 valence electrons. The van der Waals surface area contributed by atoms with Crippen LogP contribution in [0.5, 0.6) is 0 Å². The summed E-state index contributed by atoms with van der Waals surface area (Å²) in [6.07, 6.45) is -7.02. The number of carbonyl (C=O) groups is 2. The number of amides is 1. The summed E-state index contributed by atoms with van der Waals surface area (Å²) in [6, 6.07) is 2.23. The van der Waals surface area contributed by atoms with Gasteiger partial charge in [-0.1, -0.05) is 0 Å². The Kier molecular flexibility index (Phi) is 7.65. The number of anilines is 2. The predicted octanol–water partition coefficient (Wildman–Crippen LogP) is 2.95. The second-order valence-corrected chi connectivity index (χ2v) is 9.21. The van der Waals surface area contributed by atoms with Crippen molar-refractivity contribution in [1.29, 1.82) is 0 Å². The van der Waals surface area contributed by atoms with Gasteiger partial charge in [0.1, 0.15) is 17.2 Å². The maximum absolute atomic E-state index is 13.2. The van der Waals surface area contributed by atoms with Gasteiger partial charge < -0.3 is 15.1 Å². The number of nitrogens with zero attached hydrogens (tertiary/aromatic N) is 4. The van der Waals surface area contributed by atoms with Crippen LogP contribution in [0.25, 0.3) is 0 Å². The number of rotatable bonds is 6. The smallest absolute Gasteiger partial charge is 0.382 e. The van der Waals surface area contributed by atoms with E-state index in [0.717, 1.165) is 18.5 Å². The van der Waals surface area contributed by atoms with Crippen LogP contribution in [0.3, 0.4) is 0 Å². The van der Waals surface area contributed by atoms with Crippen molar-refractivity contribution >= 4 is 23.2 Å². The number of Topliss-reactive ketones (excluding diaryl/α,β-unsaturated/α-hetero) is 1. The molecular formula is C23H24F6N6O3. The number of H-pyrrole nitrogens is 1. The molecule has 1 aliphatic heterocycles. The molecule has 2 fully saturated rings. The van der Waals surface area contributed by atoms with E-state index in [1.807, 2.05) is 0 Å². The number of halogens is 6. The summed E-state index contributed by atoms with van der Waals surface area (Å²) < 4.78 is 77.8. The number of alkyl halides is 6. The van der Waals surface area contributed by atoms with Crippen LogP contribution in [-0.2, 0) is 21.9 Å². The average Bonchev–Trinajstić information content (AvgIpc) is 3.20. The van der Waals surface area contributed by atoms with Gasteiger partial charge in [-0.15, -0.1) is 0 Å². The maximum atomic E-state index is 13.2. The van der Waals surface area contributed by atoms with Crippen molar-refractivity contribution in [2.24, 2.45) is 11.8 Å². The fraction of sp³-hybridized carbons (Fsp3) is 0.522. The minimum atomic E-state index is -4.90. The van der Waals surface area contributed by atoms with Crippen LogP contribution in [0.2, 0.25) is 0 Å². The van der Waals surface area contributed by atoms with Crippen molar-refractivity contribution in [3.8, 4) is 0 Å². The molecule has 2 aromatic heterocycles. The number of ketones is 1. The lowest BCUT2D eigenvalue weighted by atomic mass is 9.98. The number of nitrogens with one attached hydrogen (secondary N) is 2. The highest BCUT2D eigenvalue weighted by Gasteiger charge is 2.39. The third-order valence-corrected chi connectivity index (χ3v) is 6.80. The summed E-state index contributed by atoms with van der Waals surface area (Å²) in [6.45, 7) is 1.21. The Hall–Kier alpha value is -3.65. The van der Waals surface area contributed by atoms with Crippen molar-refractivity contribution in [1.82, 2.24) is 20.1 Å². The fourth-order valence-corrected chi connectivity index (χ4v) is 4.74. The molecule has 15 heteroatoms. The Morgan fingerprint density at radius 1 is 0.974 bits per heavy atom. The molecule has 1 saturated heterocycles. The molecule has 0 bridgehead atoms. The standard InChI is InChI=1S/C23H24F6N6O3/c24-22(25,26)15-3-4-17(31-11-15)34-5-7-35(8-6-34)18(36)9-13-1-2-14(20(13)37)10-30-16-12-32-33-21(38)19(16)23(27,28)29/h3-4,11-14H,1-2,5-10H2,(H2,30,33,38)/t13-,14+/m0/s1. The third-order valence-electron chi connectivity index (χ3n) is 6.80. The van der Waals surface area contributed by atoms with E-state index in [1.54, 1.807) is 14.9 Å². The Morgan fingerprint density at radius 3 is 2.26 bits per heavy atom. The zero-order valence-electron chi connectivity index (χ0n) is 19.9. The number of aromatic nitrogens is 3. The molecule has 38 heavy (non-hydrogen) atoms. The molecule has 9 nitrogen and oxygen atoms in total. The normalized spacial score (nSPS) is 20.6. The van der Waals surface area contributed by atoms with E-state index in [9.17, 15) is 40.7 Å². The average molecular weight is 546 g/mol. The number of carbonyl (C=O) groups excluding carboxylic acids is 2. The van der Waals surface area contributed by atoms with Gasteiger partial charge in [-0.25, -0.2) is 10.1 Å². The van der Waals surface area contributed by atoms with Gasteiger partial charge in [0, 0.05) is 57.2 Å². The maximum Gasteiger partial charge on any atom is 0.423 e. The zero-order chi connectivity index (χ0) is 27.7. The Labute approximate surface area is 212 Å². The third kappa shape index (κ3) is 6.07. The molecule has 2 aliphatic rings. The van der Waals surface area contributed by atoms with Gasteiger partial charge in [-0.05, 0) is 25.0 Å². The minimum absolute atomic E-state index is 0.0335. The van der Waals surface area contributed by atoms with Gasteiger partial charge in [-0.2, -0.15) is 31.4 Å². The van der Waals surface area contributed by atoms with E-state index in [4.69, 9.17) is 0 Å². The summed E-state index contributed by atoms with van der Waals surface area (Å²) in [5.74, 6) is -1.28. The largest absolute Gasteiger partial charge is 0.423 e. The molecule has 3 heterocycles. The molecule has 2 atom stereocenters. The van der Waals surface area contributed by atoms with Crippen LogP contribution in [0, 0.1) is 11.8 Å². The lowest BCUT2D eigenvalue weighted by Crippen LogP contribution is -2.49. The van der Waals surface area contributed by atoms with Crippen LogP contribution in [-0.4, -0.2) is 64.5 Å². The van der Waals surface area contributed by atoms with Crippen molar-refractivity contribution in [2.75, 3.05) is 42.9 Å². The second-order valence-electron chi connectivity index (χ2n) is 9.21. The topological polar surface area (TPSA) is 111 Å². The SMILES string of the molecule is O=C1[C@@H](CNc2cn[nH]c(=O)c2C(F)(F)F)CC[C@H]1CC(=O)N1CCN(c2ccc(C(F)(F)F)cn2)CC1. The second kappa shape index (κ2) is 10.6. The molecule has 1 amide bonds. The number of pyridine rings is 1. The van der Waals surface area contributed by atoms with Crippen LogP contribution in [0.15, 0.2) is 29.3 Å². The van der Waals surface area contributed by atoms with Gasteiger partial charge >= 0.3 is 12.4 Å². The highest BCUT2D eigenvalue weighted by Crippen LogP contribution is 2.34. The first-order valence-corrected chi connectivity index (χ1v) is 11.8. The number of aromatic amines is 1. The summed E-state index contributed by atoms with van der Waals surface area (Å²) >= 11 is 0. The van der Waals surface area contributed by atoms with Gasteiger partial charge in [0.2, 0.25) is 5.91 Å². The van der Waals surface area contributed by atoms with Gasteiger partial charge in [0.05, 0.1) is 17.4 Å². The van der Waals surface area contributed by atoms with Gasteiger partial charge in [0.25, 0.3) is 5.56 Å². The van der Waals surface area contributed by atoms with Crippen LogP contribution >= 0.6 is 0 Å². The molecule has 0 aromatic carbocycles. The van der Waals surface area contributed by atoms with E-state index in [-0.39, 0.29) is 24.7 Å². The van der Waals surface area contributed by atoms with E-state index in [1.165, 1.54) is 6.07 Å². The molecular weight excluding hydrogens is 522 g/mol. The van der Waals surface area contributed by atoms with Crippen molar-refractivity contribution in [3.63, 3.8) is 0 Å². The quantitative estimate of drug-likeness (QED) is 0.536. The minimum Gasteiger partial charge on any atom is -0.382 e. The monoisotopic (exact) mass is 546 g/mol. The van der Waals surface area contributed by atoms with Crippen LogP contribution in [0.4, 0.5) is 37.8 Å². The van der Waals surface area contributed by atoms with Crippen LogP contribution in [0.1, 0.15) is 30.4 Å². The lowest BCUT2D eigenvalue weighted by molar-refractivity contribution is -0.138. The zero-order valence-corrected chi connectivity index (χ0v) is 19.9. The molecule has 0 spiro atoms. The first-order valence-electron chi connectivity index (χ1n) is 11.8. The predicted molar refractivity (Wildman–Crippen MR) is 122 cm³/mol. The van der Waals surface area contributed by atoms with Gasteiger partial charge in [-0.3, -0.25) is 14.4 Å². The number of piperazine rings is 1. The molecule has 2 N–H and O–H groups in total. The first-order chi connectivity index (χ1) is 17.8. The molecule has 0 unspecified atom stereocenters. The molecule has 1 saturated carbocycles. The highest BCUT2D eigenvalue weighted by molar-refractivity contribution is 5.90. The van der Waals surface area contributed by atoms with E-state index >= 15 is 0 Å².